The van der Waals surface area contributed by atoms with Crippen molar-refractivity contribution in [1.82, 2.24) is 9.88 Å². The minimum Gasteiger partial charge on any atom is -0.390 e. The van der Waals surface area contributed by atoms with Crippen molar-refractivity contribution >= 4 is 5.69 Å². The zero-order chi connectivity index (χ0) is 14.6. The summed E-state index contributed by atoms with van der Waals surface area (Å²) in [4.78, 5) is 21.1. The van der Waals surface area contributed by atoms with Gasteiger partial charge in [0.05, 0.1) is 17.2 Å². The number of aliphatic hydroxyl groups is 1. The van der Waals surface area contributed by atoms with E-state index >= 15 is 0 Å². The van der Waals surface area contributed by atoms with Crippen LogP contribution >= 0.6 is 0 Å². The maximum Gasteiger partial charge on any atom is 0.332 e. The number of rotatable bonds is 5. The highest BCUT2D eigenvalue weighted by atomic mass is 16.6. The lowest BCUT2D eigenvalue weighted by Gasteiger charge is -2.23. The topological polar surface area (TPSA) is 97.4 Å². The Morgan fingerprint density at radius 3 is 2.68 bits per heavy atom. The van der Waals surface area contributed by atoms with E-state index in [1.807, 2.05) is 20.8 Å². The number of pyridine rings is 1. The van der Waals surface area contributed by atoms with Gasteiger partial charge in [0.15, 0.2) is 0 Å². The maximum atomic E-state index is 11.2. The number of nitrogens with zero attached hydrogens (tertiary/aromatic N) is 2. The lowest BCUT2D eigenvalue weighted by molar-refractivity contribution is -0.386. The molecule has 7 nitrogen and oxygen atoms in total. The summed E-state index contributed by atoms with van der Waals surface area (Å²) in [5.74, 6) is 0. The molecular weight excluding hydrogens is 250 g/mol. The first-order valence-corrected chi connectivity index (χ1v) is 5.96. The van der Waals surface area contributed by atoms with Crippen LogP contribution in [-0.2, 0) is 6.54 Å². The summed E-state index contributed by atoms with van der Waals surface area (Å²) >= 11 is 0. The third-order valence-electron chi connectivity index (χ3n) is 2.44. The maximum absolute atomic E-state index is 11.2. The Labute approximate surface area is 111 Å². The average Bonchev–Trinajstić information content (AvgIpc) is 2.28. The molecule has 1 unspecified atom stereocenters. The first kappa shape index (κ1) is 15.3. The van der Waals surface area contributed by atoms with Crippen LogP contribution in [0.1, 0.15) is 20.8 Å². The molecule has 0 aliphatic rings. The van der Waals surface area contributed by atoms with Gasteiger partial charge < -0.3 is 15.0 Å². The number of hydrogen-bond acceptors (Lipinski definition) is 5. The van der Waals surface area contributed by atoms with Gasteiger partial charge in [0.2, 0.25) is 0 Å². The van der Waals surface area contributed by atoms with Crippen molar-refractivity contribution in [1.29, 1.82) is 0 Å². The summed E-state index contributed by atoms with van der Waals surface area (Å²) in [5, 5.41) is 23.6. The van der Waals surface area contributed by atoms with Crippen LogP contribution in [0.3, 0.4) is 0 Å². The molecule has 0 saturated carbocycles. The van der Waals surface area contributed by atoms with Crippen LogP contribution in [0.2, 0.25) is 0 Å². The second-order valence-corrected chi connectivity index (χ2v) is 5.43. The largest absolute Gasteiger partial charge is 0.390 e. The predicted octanol–water partition coefficient (Wildman–Crippen LogP) is 0.505. The molecule has 0 aliphatic heterocycles. The number of nitrogens with one attached hydrogen (secondary N) is 1. The first-order chi connectivity index (χ1) is 8.69. The van der Waals surface area contributed by atoms with Gasteiger partial charge in [-0.3, -0.25) is 14.9 Å². The van der Waals surface area contributed by atoms with Crippen LogP contribution < -0.4 is 10.7 Å². The molecular formula is C12H19N3O4. The van der Waals surface area contributed by atoms with Gasteiger partial charge >= 0.3 is 5.69 Å². The molecule has 0 amide bonds. The number of hydrogen-bond donors (Lipinski definition) is 2. The standard InChI is InChI=1S/C12H19N3O4/c1-12(2,3)13-6-9(16)7-14-5-4-11(17)10(8-14)15(18)19/h4-5,8-9,13,16H,6-7H2,1-3H3. The molecule has 1 heterocycles. The second-order valence-electron chi connectivity index (χ2n) is 5.43. The van der Waals surface area contributed by atoms with Crippen molar-refractivity contribution < 1.29 is 10.0 Å². The lowest BCUT2D eigenvalue weighted by atomic mass is 10.1. The number of β-amino-alcohol motifs (C(OH)–C–C–N with tert-alkyl or cyclic N) is 1. The SMILES string of the molecule is CC(C)(C)NCC(O)Cn1ccc(=O)c([N+](=O)[O-])c1. The summed E-state index contributed by atoms with van der Waals surface area (Å²) in [6.07, 6.45) is 1.87. The first-order valence-electron chi connectivity index (χ1n) is 5.96. The smallest absolute Gasteiger partial charge is 0.332 e. The Kier molecular flexibility index (Phi) is 4.79. The highest BCUT2D eigenvalue weighted by molar-refractivity contribution is 5.25. The van der Waals surface area contributed by atoms with Crippen LogP contribution in [0.15, 0.2) is 23.3 Å². The van der Waals surface area contributed by atoms with Gasteiger partial charge in [-0.1, -0.05) is 0 Å². The molecule has 0 fully saturated rings. The van der Waals surface area contributed by atoms with Crippen LogP contribution in [0.25, 0.3) is 0 Å². The molecule has 0 radical (unpaired) electrons. The van der Waals surface area contributed by atoms with Gasteiger partial charge in [-0.25, -0.2) is 0 Å². The van der Waals surface area contributed by atoms with Gasteiger partial charge in [0, 0.05) is 30.9 Å². The fraction of sp³-hybridized carbons (Fsp3) is 0.583. The van der Waals surface area contributed by atoms with E-state index in [0.717, 1.165) is 12.3 Å². The third kappa shape index (κ3) is 5.19. The molecule has 19 heavy (non-hydrogen) atoms. The van der Waals surface area contributed by atoms with E-state index in [9.17, 15) is 20.0 Å². The van der Waals surface area contributed by atoms with E-state index in [-0.39, 0.29) is 12.1 Å². The number of nitro groups is 1. The Bertz CT molecular complexity index is 504. The zero-order valence-electron chi connectivity index (χ0n) is 11.3. The molecule has 0 spiro atoms. The average molecular weight is 269 g/mol. The summed E-state index contributed by atoms with van der Waals surface area (Å²) in [6, 6.07) is 1.13. The molecule has 0 aliphatic carbocycles. The molecule has 0 aromatic carbocycles. The fourth-order valence-corrected chi connectivity index (χ4v) is 1.50. The Balaban J connectivity index is 2.70. The summed E-state index contributed by atoms with van der Waals surface area (Å²) in [6.45, 7) is 6.48. The molecule has 1 rings (SSSR count). The monoisotopic (exact) mass is 269 g/mol. The van der Waals surface area contributed by atoms with Crippen LogP contribution in [0.4, 0.5) is 5.69 Å². The van der Waals surface area contributed by atoms with Crippen molar-refractivity contribution in [2.75, 3.05) is 6.54 Å². The van der Waals surface area contributed by atoms with Gasteiger partial charge in [0.25, 0.3) is 5.43 Å². The van der Waals surface area contributed by atoms with Gasteiger partial charge in [0.1, 0.15) is 0 Å². The molecule has 7 heteroatoms. The summed E-state index contributed by atoms with van der Waals surface area (Å²) in [5.41, 5.74) is -1.24. The van der Waals surface area contributed by atoms with Crippen molar-refractivity contribution in [3.63, 3.8) is 0 Å². The molecule has 2 N–H and O–H groups in total. The van der Waals surface area contributed by atoms with Crippen molar-refractivity contribution in [2.45, 2.75) is 39.0 Å². The van der Waals surface area contributed by atoms with E-state index in [1.54, 1.807) is 0 Å². The van der Waals surface area contributed by atoms with Gasteiger partial charge in [-0.15, -0.1) is 0 Å². The van der Waals surface area contributed by atoms with E-state index in [4.69, 9.17) is 0 Å². The van der Waals surface area contributed by atoms with Crippen LogP contribution in [0, 0.1) is 10.1 Å². The van der Waals surface area contributed by atoms with Gasteiger partial charge in [-0.2, -0.15) is 0 Å². The summed E-state index contributed by atoms with van der Waals surface area (Å²) in [7, 11) is 0. The quantitative estimate of drug-likeness (QED) is 0.599. The number of aliphatic hydroxyl groups excluding tert-OH is 1. The highest BCUT2D eigenvalue weighted by Gasteiger charge is 2.15. The molecule has 1 aromatic heterocycles. The Morgan fingerprint density at radius 1 is 1.53 bits per heavy atom. The molecule has 1 aromatic rings. The van der Waals surface area contributed by atoms with E-state index in [0.29, 0.717) is 6.54 Å². The predicted molar refractivity (Wildman–Crippen MR) is 71.1 cm³/mol. The highest BCUT2D eigenvalue weighted by Crippen LogP contribution is 2.04. The number of aromatic nitrogens is 1. The second kappa shape index (κ2) is 5.94. The van der Waals surface area contributed by atoms with E-state index in [2.05, 4.69) is 5.32 Å². The Morgan fingerprint density at radius 2 is 2.16 bits per heavy atom. The van der Waals surface area contributed by atoms with E-state index < -0.39 is 22.1 Å². The van der Waals surface area contributed by atoms with Crippen LogP contribution in [0.5, 0.6) is 0 Å². The lowest BCUT2D eigenvalue weighted by Crippen LogP contribution is -2.42. The van der Waals surface area contributed by atoms with Crippen molar-refractivity contribution in [3.8, 4) is 0 Å². The molecule has 0 bridgehead atoms. The summed E-state index contributed by atoms with van der Waals surface area (Å²) < 4.78 is 1.44. The minimum absolute atomic E-state index is 0.115. The minimum atomic E-state index is -0.724. The third-order valence-corrected chi connectivity index (χ3v) is 2.44. The van der Waals surface area contributed by atoms with Crippen LogP contribution in [-0.4, -0.2) is 32.8 Å². The molecule has 1 atom stereocenters. The van der Waals surface area contributed by atoms with E-state index in [1.165, 1.54) is 10.8 Å². The van der Waals surface area contributed by atoms with Crippen molar-refractivity contribution in [2.24, 2.45) is 0 Å². The molecule has 106 valence electrons. The fourth-order valence-electron chi connectivity index (χ4n) is 1.50. The zero-order valence-corrected chi connectivity index (χ0v) is 11.3. The molecule has 0 saturated heterocycles. The van der Waals surface area contributed by atoms with Gasteiger partial charge in [-0.05, 0) is 20.8 Å². The van der Waals surface area contributed by atoms with Crippen molar-refractivity contribution in [3.05, 3.63) is 38.8 Å². The normalized spacial score (nSPS) is 13.3. The Hall–Kier alpha value is -1.73.